The van der Waals surface area contributed by atoms with Gasteiger partial charge < -0.3 is 8.92 Å². The first-order chi connectivity index (χ1) is 15.2. The first-order valence-corrected chi connectivity index (χ1v) is 9.41. The van der Waals surface area contributed by atoms with Crippen LogP contribution >= 0.6 is 12.0 Å². The van der Waals surface area contributed by atoms with Crippen LogP contribution in [-0.4, -0.2) is 45.1 Å². The quantitative estimate of drug-likeness (QED) is 0.363. The Hall–Kier alpha value is -2.62. The van der Waals surface area contributed by atoms with Gasteiger partial charge in [-0.05, 0) is 35.7 Å². The van der Waals surface area contributed by atoms with Crippen molar-refractivity contribution in [3.8, 4) is 11.4 Å². The molecule has 1 aromatic heterocycles. The van der Waals surface area contributed by atoms with Gasteiger partial charge in [0, 0.05) is 12.0 Å². The number of rotatable bonds is 7. The molecule has 1 aromatic carbocycles. The lowest BCUT2D eigenvalue weighted by Gasteiger charge is -2.34. The van der Waals surface area contributed by atoms with Crippen LogP contribution in [0.5, 0.6) is 5.75 Å². The predicted molar refractivity (Wildman–Crippen MR) is 95.0 cm³/mol. The minimum absolute atomic E-state index is 0.00694. The Balaban J connectivity index is 1.99. The highest BCUT2D eigenvalue weighted by Crippen LogP contribution is 2.57. The molecular weight excluding hydrogens is 497 g/mol. The van der Waals surface area contributed by atoms with E-state index in [0.717, 1.165) is 6.08 Å². The average molecular weight is 509 g/mol. The van der Waals surface area contributed by atoms with Crippen LogP contribution in [0.4, 0.5) is 39.6 Å². The summed E-state index contributed by atoms with van der Waals surface area (Å²) in [6, 6.07) is 4.19. The number of fused-ring (bicyclic) bond motifs is 3. The van der Waals surface area contributed by atoms with E-state index in [4.69, 9.17) is 4.74 Å². The third kappa shape index (κ3) is 3.98. The number of aryl methyl sites for hydroxylation is 1. The van der Waals surface area contributed by atoms with Gasteiger partial charge in [-0.25, -0.2) is 0 Å². The molecule has 0 aliphatic carbocycles. The van der Waals surface area contributed by atoms with E-state index in [9.17, 15) is 39.6 Å². The van der Waals surface area contributed by atoms with E-state index < -0.39 is 41.0 Å². The van der Waals surface area contributed by atoms with Crippen molar-refractivity contribution in [2.45, 2.75) is 36.6 Å². The lowest BCUT2D eigenvalue weighted by atomic mass is 10.1. The molecule has 0 fully saturated rings. The molecule has 0 saturated carbocycles. The summed E-state index contributed by atoms with van der Waals surface area (Å²) in [5.41, 5.74) is 0.238. The summed E-state index contributed by atoms with van der Waals surface area (Å²) in [4.78, 5) is 1.87. The van der Waals surface area contributed by atoms with Gasteiger partial charge in [-0.2, -0.15) is 35.1 Å². The Kier molecular flexibility index (Phi) is 6.29. The zero-order valence-corrected chi connectivity index (χ0v) is 17.2. The van der Waals surface area contributed by atoms with E-state index in [2.05, 4.69) is 14.4 Å². The molecule has 1 unspecified atom stereocenters. The second-order valence-electron chi connectivity index (χ2n) is 6.58. The number of allylic oxidation sites excluding steroid dienone is 1. The molecule has 33 heavy (non-hydrogen) atoms. The molecule has 0 bridgehead atoms. The van der Waals surface area contributed by atoms with Gasteiger partial charge in [0.05, 0.1) is 12.8 Å². The Morgan fingerprint density at radius 2 is 1.70 bits per heavy atom. The summed E-state index contributed by atoms with van der Waals surface area (Å²) < 4.78 is 130. The van der Waals surface area contributed by atoms with Crippen molar-refractivity contribution in [1.29, 1.82) is 0 Å². The zero-order valence-electron chi connectivity index (χ0n) is 16.4. The summed E-state index contributed by atoms with van der Waals surface area (Å²) >= 11 is -1.48. The Morgan fingerprint density at radius 1 is 1.03 bits per heavy atom. The zero-order chi connectivity index (χ0) is 24.8. The standard InChI is InChI=1S/C17H12F9N3O3S/c1-8-27-28-13-6-5-12(10-7-9(30-2)3-4-11(10)29(8)13)31-33-17(24,25)15(20,32-26)14(18,19)16(21,22)23/h3-5,7H,6H2,1-2H3. The number of nitrogens with zero attached hydrogens (tertiary/aromatic N) is 3. The van der Waals surface area contributed by atoms with Gasteiger partial charge in [0.25, 0.3) is 0 Å². The maximum Gasteiger partial charge on any atom is 0.459 e. The lowest BCUT2D eigenvalue weighted by Crippen LogP contribution is -2.63. The van der Waals surface area contributed by atoms with Crippen LogP contribution in [0, 0.1) is 6.92 Å². The Bertz CT molecular complexity index is 1070. The van der Waals surface area contributed by atoms with Crippen molar-refractivity contribution in [3.63, 3.8) is 0 Å². The van der Waals surface area contributed by atoms with Crippen molar-refractivity contribution in [1.82, 2.24) is 14.8 Å². The van der Waals surface area contributed by atoms with Crippen LogP contribution in [0.3, 0.4) is 0 Å². The van der Waals surface area contributed by atoms with Gasteiger partial charge in [-0.1, -0.05) is 0 Å². The number of halogens is 9. The molecule has 16 heteroatoms. The number of hydrogen-bond donors (Lipinski definition) is 0. The molecular formula is C17H12F9N3O3S. The van der Waals surface area contributed by atoms with E-state index in [-0.39, 0.29) is 23.4 Å². The van der Waals surface area contributed by atoms with Gasteiger partial charge in [0.1, 0.15) is 35.2 Å². The topological polar surface area (TPSA) is 58.4 Å². The number of aromatic nitrogens is 3. The van der Waals surface area contributed by atoms with Crippen molar-refractivity contribution in [3.05, 3.63) is 41.5 Å². The minimum Gasteiger partial charge on any atom is -0.497 e. The molecule has 2 aromatic rings. The van der Waals surface area contributed by atoms with Gasteiger partial charge in [-0.15, -0.1) is 15.1 Å². The van der Waals surface area contributed by atoms with Crippen LogP contribution in [-0.2, 0) is 15.5 Å². The molecule has 1 aliphatic heterocycles. The molecule has 0 N–H and O–H groups in total. The molecule has 1 atom stereocenters. The van der Waals surface area contributed by atoms with E-state index in [1.54, 1.807) is 6.92 Å². The van der Waals surface area contributed by atoms with Gasteiger partial charge in [0.2, 0.25) is 0 Å². The average Bonchev–Trinajstić information content (AvgIpc) is 3.03. The number of benzene rings is 1. The third-order valence-electron chi connectivity index (χ3n) is 4.55. The number of methoxy groups -OCH3 is 1. The molecule has 1 aliphatic rings. The molecule has 182 valence electrons. The second kappa shape index (κ2) is 8.30. The fourth-order valence-corrected chi connectivity index (χ4v) is 3.49. The maximum atomic E-state index is 14.2. The van der Waals surface area contributed by atoms with Crippen LogP contribution in [0.25, 0.3) is 11.4 Å². The molecule has 6 nitrogen and oxygen atoms in total. The monoisotopic (exact) mass is 509 g/mol. The van der Waals surface area contributed by atoms with Crippen molar-refractivity contribution in [2.75, 3.05) is 7.11 Å². The highest BCUT2D eigenvalue weighted by molar-refractivity contribution is 7.96. The largest absolute Gasteiger partial charge is 0.497 e. The summed E-state index contributed by atoms with van der Waals surface area (Å²) in [5.74, 6) is -13.0. The fraction of sp³-hybridized carbons (Fsp3) is 0.412. The van der Waals surface area contributed by atoms with Crippen molar-refractivity contribution in [2.24, 2.45) is 0 Å². The van der Waals surface area contributed by atoms with Crippen LogP contribution in [0.2, 0.25) is 0 Å². The van der Waals surface area contributed by atoms with Crippen LogP contribution < -0.4 is 4.74 Å². The number of ether oxygens (including phenoxy) is 1. The summed E-state index contributed by atoms with van der Waals surface area (Å²) in [6.07, 6.45) is -5.90. The first-order valence-electron chi connectivity index (χ1n) is 8.66. The van der Waals surface area contributed by atoms with E-state index in [1.165, 1.54) is 29.9 Å². The molecule has 0 saturated heterocycles. The highest BCUT2D eigenvalue weighted by atomic mass is 32.2. The van der Waals surface area contributed by atoms with Crippen molar-refractivity contribution < 1.29 is 53.5 Å². The molecule has 0 spiro atoms. The lowest BCUT2D eigenvalue weighted by molar-refractivity contribution is -0.458. The normalized spacial score (nSPS) is 16.3. The molecule has 0 radical (unpaired) electrons. The van der Waals surface area contributed by atoms with E-state index in [1.807, 2.05) is 4.94 Å². The summed E-state index contributed by atoms with van der Waals surface area (Å²) in [6.45, 7) is 1.56. The first kappa shape index (κ1) is 25.0. The summed E-state index contributed by atoms with van der Waals surface area (Å²) in [5, 5.41) is 1.88. The van der Waals surface area contributed by atoms with Gasteiger partial charge >= 0.3 is 23.2 Å². The van der Waals surface area contributed by atoms with Gasteiger partial charge in [-0.3, -0.25) is 4.57 Å². The summed E-state index contributed by atoms with van der Waals surface area (Å²) in [7, 11) is 1.27. The van der Waals surface area contributed by atoms with Crippen LogP contribution in [0.1, 0.15) is 17.2 Å². The fourth-order valence-electron chi connectivity index (χ4n) is 2.87. The van der Waals surface area contributed by atoms with Crippen molar-refractivity contribution >= 4 is 17.8 Å². The van der Waals surface area contributed by atoms with E-state index in [0.29, 0.717) is 11.6 Å². The highest BCUT2D eigenvalue weighted by Gasteiger charge is 2.84. The Morgan fingerprint density at radius 3 is 2.27 bits per heavy atom. The molecule has 2 heterocycles. The maximum absolute atomic E-state index is 14.2. The van der Waals surface area contributed by atoms with Gasteiger partial charge in [0.15, 0.2) is 0 Å². The molecule has 0 amide bonds. The number of hydrogen-bond acceptors (Lipinski definition) is 6. The Labute approximate surface area is 183 Å². The smallest absolute Gasteiger partial charge is 0.459 e. The minimum atomic E-state index is -6.93. The molecule has 3 rings (SSSR count). The third-order valence-corrected chi connectivity index (χ3v) is 5.28. The SMILES string of the molecule is COc1ccc2c(c1)C(OSC(F)(F)C(F)(OF)C(F)(F)C(F)(F)F)=CCc1nnc(C)n1-2. The van der Waals surface area contributed by atoms with Crippen LogP contribution in [0.15, 0.2) is 24.3 Å². The van der Waals surface area contributed by atoms with E-state index >= 15 is 0 Å². The predicted octanol–water partition coefficient (Wildman–Crippen LogP) is 5.50. The number of alkyl halides is 8. The second-order valence-corrected chi connectivity index (χ2v) is 7.43.